The minimum atomic E-state index is 0.416. The van der Waals surface area contributed by atoms with Crippen molar-refractivity contribution in [2.45, 2.75) is 63.7 Å². The Morgan fingerprint density at radius 3 is 2.21 bits per heavy atom. The second-order valence-electron chi connectivity index (χ2n) is 12.1. The van der Waals surface area contributed by atoms with Crippen molar-refractivity contribution in [3.63, 3.8) is 0 Å². The van der Waals surface area contributed by atoms with Crippen LogP contribution in [-0.4, -0.2) is 5.78 Å². The first-order valence-corrected chi connectivity index (χ1v) is 13.7. The molecule has 9 atom stereocenters. The summed E-state index contributed by atoms with van der Waals surface area (Å²) in [4.78, 5) is 13.4. The molecule has 9 unspecified atom stereocenters. The van der Waals surface area contributed by atoms with Gasteiger partial charge in [-0.05, 0) is 98.0 Å². The molecule has 0 radical (unpaired) electrons. The van der Waals surface area contributed by atoms with E-state index in [1.54, 1.807) is 0 Å². The maximum atomic E-state index is 13.4. The monoisotopic (exact) mass is 438 g/mol. The van der Waals surface area contributed by atoms with E-state index in [0.29, 0.717) is 23.5 Å². The molecule has 0 saturated heterocycles. The number of hydrogen-bond donors (Lipinski definition) is 0. The van der Waals surface area contributed by atoms with Gasteiger partial charge in [0.2, 0.25) is 0 Å². The molecule has 2 nitrogen and oxygen atoms in total. The van der Waals surface area contributed by atoms with Gasteiger partial charge >= 0.3 is 0 Å². The zero-order valence-electron chi connectivity index (χ0n) is 19.4. The summed E-state index contributed by atoms with van der Waals surface area (Å²) in [6.45, 7) is 0. The highest BCUT2D eigenvalue weighted by atomic mass is 16.3. The molecule has 0 bridgehead atoms. The molecule has 1 aromatic heterocycles. The summed E-state index contributed by atoms with van der Waals surface area (Å²) < 4.78 is 6.46. The number of rotatable bonds is 1. The zero-order chi connectivity index (χ0) is 21.7. The molecule has 5 fully saturated rings. The second kappa shape index (κ2) is 6.96. The van der Waals surface area contributed by atoms with E-state index >= 15 is 0 Å². The first kappa shape index (κ1) is 19.2. The minimum Gasteiger partial charge on any atom is -0.456 e. The molecule has 8 rings (SSSR count). The Morgan fingerprint density at radius 1 is 0.667 bits per heavy atom. The highest BCUT2D eigenvalue weighted by molar-refractivity contribution is 6.05. The fourth-order valence-electron chi connectivity index (χ4n) is 10.2. The molecular formula is C31H34O2. The Balaban J connectivity index is 1.19. The number of fused-ring (bicyclic) bond motifs is 6. The van der Waals surface area contributed by atoms with Gasteiger partial charge in [-0.15, -0.1) is 0 Å². The van der Waals surface area contributed by atoms with Gasteiger partial charge in [0.05, 0.1) is 0 Å². The summed E-state index contributed by atoms with van der Waals surface area (Å²) in [6.07, 6.45) is 11.7. The fourth-order valence-corrected chi connectivity index (χ4v) is 10.2. The number of furan rings is 1. The van der Waals surface area contributed by atoms with Crippen LogP contribution < -0.4 is 0 Å². The Bertz CT molecular complexity index is 1250. The number of hydrogen-bond acceptors (Lipinski definition) is 2. The number of benzene rings is 2. The minimum absolute atomic E-state index is 0.416. The van der Waals surface area contributed by atoms with Crippen molar-refractivity contribution in [3.8, 4) is 0 Å². The molecule has 2 aromatic carbocycles. The Labute approximate surface area is 196 Å². The predicted molar refractivity (Wildman–Crippen MR) is 131 cm³/mol. The van der Waals surface area contributed by atoms with Gasteiger partial charge < -0.3 is 4.42 Å². The fraction of sp³-hybridized carbons (Fsp3) is 0.581. The van der Waals surface area contributed by atoms with Gasteiger partial charge in [0, 0.05) is 22.6 Å². The standard InChI is InChI=1S/C31H34O2/c32-30-24-11-4-8-21-19-15-14-17(16-26(19)22-9-5-12-25(30)29(22)28(21)24)18-7-3-10-23-20-6-1-2-13-27(20)33-31(18)23/h1-3,6-7,10,13,17,19,21-22,24-26,28-29H,4-5,8-9,11-12,14-16H2. The lowest BCUT2D eigenvalue weighted by Crippen LogP contribution is -2.51. The van der Waals surface area contributed by atoms with E-state index in [1.165, 1.54) is 74.1 Å². The average Bonchev–Trinajstić information content (AvgIpc) is 3.39. The van der Waals surface area contributed by atoms with Gasteiger partial charge in [-0.1, -0.05) is 49.2 Å². The van der Waals surface area contributed by atoms with Gasteiger partial charge in [0.15, 0.2) is 0 Å². The second-order valence-corrected chi connectivity index (χ2v) is 12.1. The summed E-state index contributed by atoms with van der Waals surface area (Å²) in [5.41, 5.74) is 3.59. The van der Waals surface area contributed by atoms with Crippen LogP contribution in [0.3, 0.4) is 0 Å². The van der Waals surface area contributed by atoms with Crippen molar-refractivity contribution in [3.05, 3.63) is 48.0 Å². The summed E-state index contributed by atoms with van der Waals surface area (Å²) in [6, 6.07) is 15.3. The molecule has 0 amide bonds. The van der Waals surface area contributed by atoms with Crippen LogP contribution in [0.5, 0.6) is 0 Å². The largest absolute Gasteiger partial charge is 0.456 e. The number of para-hydroxylation sites is 2. The van der Waals surface area contributed by atoms with Gasteiger partial charge in [-0.3, -0.25) is 4.79 Å². The molecule has 5 aliphatic rings. The van der Waals surface area contributed by atoms with Crippen LogP contribution in [0.2, 0.25) is 0 Å². The lowest BCUT2D eigenvalue weighted by Gasteiger charge is -2.57. The van der Waals surface area contributed by atoms with E-state index in [1.807, 2.05) is 0 Å². The van der Waals surface area contributed by atoms with E-state index in [2.05, 4.69) is 42.5 Å². The van der Waals surface area contributed by atoms with Crippen LogP contribution in [0.25, 0.3) is 21.9 Å². The smallest absolute Gasteiger partial charge is 0.139 e. The highest BCUT2D eigenvalue weighted by Gasteiger charge is 2.63. The topological polar surface area (TPSA) is 30.2 Å². The third-order valence-corrected chi connectivity index (χ3v) is 11.1. The first-order chi connectivity index (χ1) is 16.3. The maximum absolute atomic E-state index is 13.4. The third-order valence-electron chi connectivity index (χ3n) is 11.1. The molecular weight excluding hydrogens is 404 g/mol. The van der Waals surface area contributed by atoms with Gasteiger partial charge in [0.25, 0.3) is 0 Å². The summed E-state index contributed by atoms with van der Waals surface area (Å²) in [5.74, 6) is 6.95. The molecule has 170 valence electrons. The van der Waals surface area contributed by atoms with Crippen LogP contribution in [0, 0.1) is 47.3 Å². The van der Waals surface area contributed by atoms with Crippen molar-refractivity contribution in [1.82, 2.24) is 0 Å². The van der Waals surface area contributed by atoms with E-state index in [9.17, 15) is 4.79 Å². The van der Waals surface area contributed by atoms with E-state index < -0.39 is 0 Å². The molecule has 33 heavy (non-hydrogen) atoms. The number of carbonyl (C=O) groups is 1. The summed E-state index contributed by atoms with van der Waals surface area (Å²) in [5, 5.41) is 2.53. The molecule has 0 N–H and O–H groups in total. The molecule has 0 spiro atoms. The van der Waals surface area contributed by atoms with Gasteiger partial charge in [-0.25, -0.2) is 0 Å². The van der Waals surface area contributed by atoms with Crippen LogP contribution >= 0.6 is 0 Å². The first-order valence-electron chi connectivity index (χ1n) is 13.7. The van der Waals surface area contributed by atoms with Crippen LogP contribution in [0.15, 0.2) is 46.9 Å². The maximum Gasteiger partial charge on any atom is 0.139 e. The number of Topliss-reactive ketones (excluding diaryl/α,β-unsaturated/α-hetero) is 1. The van der Waals surface area contributed by atoms with E-state index in [-0.39, 0.29) is 0 Å². The average molecular weight is 439 g/mol. The molecule has 0 aliphatic heterocycles. The quantitative estimate of drug-likeness (QED) is 0.389. The number of ketones is 1. The van der Waals surface area contributed by atoms with Gasteiger partial charge in [-0.2, -0.15) is 0 Å². The van der Waals surface area contributed by atoms with Crippen molar-refractivity contribution in [2.24, 2.45) is 47.3 Å². The Hall–Kier alpha value is -2.09. The molecule has 1 heterocycles. The SMILES string of the molecule is O=C1C2CCCC3C4CCC(c5cccc6c5oc5ccccc56)CC4C4CCCC1C4C23. The lowest BCUT2D eigenvalue weighted by molar-refractivity contribution is -0.125. The van der Waals surface area contributed by atoms with Crippen LogP contribution in [-0.2, 0) is 4.79 Å². The highest BCUT2D eigenvalue weighted by Crippen LogP contribution is 2.66. The lowest BCUT2D eigenvalue weighted by atomic mass is 9.47. The molecule has 5 saturated carbocycles. The molecule has 5 aliphatic carbocycles. The normalized spacial score (nSPS) is 41.8. The summed E-state index contributed by atoms with van der Waals surface area (Å²) >= 11 is 0. The third kappa shape index (κ3) is 2.53. The van der Waals surface area contributed by atoms with Gasteiger partial charge in [0.1, 0.15) is 16.9 Å². The Kier molecular flexibility index (Phi) is 4.06. The van der Waals surface area contributed by atoms with Crippen molar-refractivity contribution in [2.75, 3.05) is 0 Å². The van der Waals surface area contributed by atoms with E-state index in [0.717, 1.165) is 46.7 Å². The Morgan fingerprint density at radius 2 is 1.39 bits per heavy atom. The predicted octanol–water partition coefficient (Wildman–Crippen LogP) is 7.75. The van der Waals surface area contributed by atoms with E-state index in [4.69, 9.17) is 4.42 Å². The number of carbonyl (C=O) groups excluding carboxylic acids is 1. The van der Waals surface area contributed by atoms with Crippen molar-refractivity contribution >= 4 is 27.7 Å². The molecule has 3 aromatic rings. The zero-order valence-corrected chi connectivity index (χ0v) is 19.4. The van der Waals surface area contributed by atoms with Crippen LogP contribution in [0.1, 0.15) is 69.3 Å². The summed E-state index contributed by atoms with van der Waals surface area (Å²) in [7, 11) is 0. The van der Waals surface area contributed by atoms with Crippen LogP contribution in [0.4, 0.5) is 0 Å². The van der Waals surface area contributed by atoms with Crippen molar-refractivity contribution in [1.29, 1.82) is 0 Å². The molecule has 2 heteroatoms. The van der Waals surface area contributed by atoms with Crippen molar-refractivity contribution < 1.29 is 9.21 Å².